The summed E-state index contributed by atoms with van der Waals surface area (Å²) in [4.78, 5) is 0. The van der Waals surface area contributed by atoms with E-state index in [9.17, 15) is 15.3 Å². The summed E-state index contributed by atoms with van der Waals surface area (Å²) >= 11 is 0. The Labute approximate surface area is 190 Å². The lowest BCUT2D eigenvalue weighted by atomic mass is 9.44. The van der Waals surface area contributed by atoms with Crippen molar-refractivity contribution in [3.05, 3.63) is 23.8 Å². The lowest BCUT2D eigenvalue weighted by molar-refractivity contribution is -0.221. The summed E-state index contributed by atoms with van der Waals surface area (Å²) in [6, 6.07) is 0. The molecule has 3 N–H and O–H groups in total. The van der Waals surface area contributed by atoms with E-state index >= 15 is 0 Å². The van der Waals surface area contributed by atoms with E-state index in [2.05, 4.69) is 53.7 Å². The molecule has 0 aliphatic heterocycles. The monoisotopic (exact) mass is 430 g/mol. The van der Waals surface area contributed by atoms with Gasteiger partial charge >= 0.3 is 0 Å². The average molecular weight is 431 g/mol. The Bertz CT molecular complexity index is 741. The van der Waals surface area contributed by atoms with Crippen molar-refractivity contribution in [3.8, 4) is 0 Å². The van der Waals surface area contributed by atoms with Gasteiger partial charge in [-0.3, -0.25) is 0 Å². The van der Waals surface area contributed by atoms with Gasteiger partial charge in [0.1, 0.15) is 11.7 Å². The summed E-state index contributed by atoms with van der Waals surface area (Å²) in [6.07, 6.45) is 12.3. The van der Waals surface area contributed by atoms with Crippen LogP contribution in [0, 0.1) is 46.3 Å². The van der Waals surface area contributed by atoms with Crippen molar-refractivity contribution in [2.75, 3.05) is 0 Å². The SMILES string of the molecule is CC(C)C(C)C=CC(C)C1CCC2C1(C)CCC1C3(C)CCC(O)CC3=CC(O)C12O. The highest BCUT2D eigenvalue weighted by Crippen LogP contribution is 2.68. The summed E-state index contributed by atoms with van der Waals surface area (Å²) in [5.41, 5.74) is 0.111. The van der Waals surface area contributed by atoms with Crippen LogP contribution in [0.4, 0.5) is 0 Å². The molecule has 0 radical (unpaired) electrons. The van der Waals surface area contributed by atoms with Gasteiger partial charge in [-0.15, -0.1) is 0 Å². The second-order valence-electron chi connectivity index (χ2n) is 12.5. The van der Waals surface area contributed by atoms with Crippen molar-refractivity contribution in [1.29, 1.82) is 0 Å². The maximum Gasteiger partial charge on any atom is 0.102 e. The molecule has 4 rings (SSSR count). The van der Waals surface area contributed by atoms with E-state index in [1.807, 2.05) is 6.08 Å². The molecule has 0 bridgehead atoms. The van der Waals surface area contributed by atoms with Crippen LogP contribution in [0.25, 0.3) is 0 Å². The van der Waals surface area contributed by atoms with Gasteiger partial charge in [-0.1, -0.05) is 65.3 Å². The van der Waals surface area contributed by atoms with Crippen LogP contribution < -0.4 is 0 Å². The lowest BCUT2D eigenvalue weighted by Gasteiger charge is -2.63. The molecule has 0 aromatic carbocycles. The number of allylic oxidation sites excluding steroid dienone is 2. The molecule has 10 unspecified atom stereocenters. The minimum atomic E-state index is -1.04. The Kier molecular flexibility index (Phi) is 6.06. The number of fused-ring (bicyclic) bond motifs is 5. The Morgan fingerprint density at radius 1 is 0.935 bits per heavy atom. The Morgan fingerprint density at radius 2 is 1.65 bits per heavy atom. The van der Waals surface area contributed by atoms with Gasteiger partial charge < -0.3 is 15.3 Å². The van der Waals surface area contributed by atoms with Crippen LogP contribution in [0.3, 0.4) is 0 Å². The van der Waals surface area contributed by atoms with Crippen molar-refractivity contribution in [2.24, 2.45) is 46.3 Å². The smallest absolute Gasteiger partial charge is 0.102 e. The number of rotatable bonds is 4. The zero-order valence-corrected chi connectivity index (χ0v) is 20.6. The van der Waals surface area contributed by atoms with Gasteiger partial charge in [0, 0.05) is 0 Å². The molecule has 3 nitrogen and oxygen atoms in total. The van der Waals surface area contributed by atoms with Gasteiger partial charge in [-0.2, -0.15) is 0 Å². The van der Waals surface area contributed by atoms with Gasteiger partial charge in [0.2, 0.25) is 0 Å². The molecule has 0 spiro atoms. The van der Waals surface area contributed by atoms with E-state index in [-0.39, 0.29) is 28.8 Å². The van der Waals surface area contributed by atoms with Gasteiger partial charge in [-0.05, 0) is 91.3 Å². The molecule has 4 aliphatic carbocycles. The number of hydrogen-bond acceptors (Lipinski definition) is 3. The Morgan fingerprint density at radius 3 is 2.32 bits per heavy atom. The van der Waals surface area contributed by atoms with Crippen molar-refractivity contribution < 1.29 is 15.3 Å². The molecule has 0 saturated heterocycles. The van der Waals surface area contributed by atoms with Crippen molar-refractivity contribution in [2.45, 2.75) is 104 Å². The Hall–Kier alpha value is -0.640. The maximum absolute atomic E-state index is 12.3. The summed E-state index contributed by atoms with van der Waals surface area (Å²) in [7, 11) is 0. The second kappa shape index (κ2) is 7.99. The van der Waals surface area contributed by atoms with Crippen LogP contribution in [0.1, 0.15) is 86.5 Å². The molecule has 0 heterocycles. The molecule has 0 aromatic rings. The normalized spacial score (nSPS) is 49.4. The third kappa shape index (κ3) is 3.49. The second-order valence-corrected chi connectivity index (χ2v) is 12.5. The van der Waals surface area contributed by atoms with Crippen LogP contribution in [0.15, 0.2) is 23.8 Å². The van der Waals surface area contributed by atoms with Crippen molar-refractivity contribution in [1.82, 2.24) is 0 Å². The molecule has 3 fully saturated rings. The minimum Gasteiger partial charge on any atom is -0.393 e. The quantitative estimate of drug-likeness (QED) is 0.516. The number of aliphatic hydroxyl groups excluding tert-OH is 2. The average Bonchev–Trinajstić information content (AvgIpc) is 3.06. The van der Waals surface area contributed by atoms with Gasteiger partial charge in [0.25, 0.3) is 0 Å². The summed E-state index contributed by atoms with van der Waals surface area (Å²) in [5.74, 6) is 2.50. The zero-order valence-electron chi connectivity index (χ0n) is 20.6. The molecule has 0 amide bonds. The number of hydrogen-bond donors (Lipinski definition) is 3. The first-order valence-corrected chi connectivity index (χ1v) is 12.9. The van der Waals surface area contributed by atoms with Gasteiger partial charge in [-0.25, -0.2) is 0 Å². The highest BCUT2D eigenvalue weighted by Gasteiger charge is 2.68. The first-order valence-electron chi connectivity index (χ1n) is 12.9. The molecule has 0 aromatic heterocycles. The van der Waals surface area contributed by atoms with E-state index in [1.54, 1.807) is 0 Å². The predicted molar refractivity (Wildman–Crippen MR) is 126 cm³/mol. The highest BCUT2D eigenvalue weighted by atomic mass is 16.3. The van der Waals surface area contributed by atoms with E-state index in [0.29, 0.717) is 30.1 Å². The van der Waals surface area contributed by atoms with Crippen LogP contribution in [0.5, 0.6) is 0 Å². The fraction of sp³-hybridized carbons (Fsp3) is 0.857. The molecular weight excluding hydrogens is 384 g/mol. The molecule has 31 heavy (non-hydrogen) atoms. The summed E-state index contributed by atoms with van der Waals surface area (Å²) in [5, 5.41) is 33.8. The van der Waals surface area contributed by atoms with Gasteiger partial charge in [0.05, 0.1) is 6.10 Å². The summed E-state index contributed by atoms with van der Waals surface area (Å²) in [6.45, 7) is 13.9. The van der Waals surface area contributed by atoms with E-state index < -0.39 is 11.7 Å². The van der Waals surface area contributed by atoms with Crippen molar-refractivity contribution >= 4 is 0 Å². The molecule has 4 aliphatic rings. The standard InChI is InChI=1S/C28H46O3/c1-17(2)18(3)7-8-19(4)22-9-10-23-27(22,6)14-12-24-26(5)13-11-21(29)15-20(26)16-25(30)28(23,24)31/h7-8,16-19,21-25,29-31H,9-15H2,1-6H3. The van der Waals surface area contributed by atoms with E-state index in [0.717, 1.165) is 38.5 Å². The molecular formula is C28H46O3. The van der Waals surface area contributed by atoms with E-state index in [1.165, 1.54) is 5.57 Å². The van der Waals surface area contributed by atoms with E-state index in [4.69, 9.17) is 0 Å². The van der Waals surface area contributed by atoms with Crippen LogP contribution in [-0.4, -0.2) is 33.1 Å². The van der Waals surface area contributed by atoms with Crippen LogP contribution >= 0.6 is 0 Å². The Balaban J connectivity index is 1.63. The van der Waals surface area contributed by atoms with Crippen LogP contribution in [0.2, 0.25) is 0 Å². The van der Waals surface area contributed by atoms with Crippen LogP contribution in [-0.2, 0) is 0 Å². The molecule has 3 saturated carbocycles. The largest absolute Gasteiger partial charge is 0.393 e. The predicted octanol–water partition coefficient (Wildman–Crippen LogP) is 5.50. The number of aliphatic hydroxyl groups is 3. The minimum absolute atomic E-state index is 0.0624. The molecule has 10 atom stereocenters. The first kappa shape index (κ1) is 23.5. The topological polar surface area (TPSA) is 60.7 Å². The highest BCUT2D eigenvalue weighted by molar-refractivity contribution is 5.32. The summed E-state index contributed by atoms with van der Waals surface area (Å²) < 4.78 is 0. The fourth-order valence-corrected chi connectivity index (χ4v) is 8.32. The van der Waals surface area contributed by atoms with Gasteiger partial charge in [0.15, 0.2) is 0 Å². The fourth-order valence-electron chi connectivity index (χ4n) is 8.32. The lowest BCUT2D eigenvalue weighted by Crippen LogP contribution is -2.67. The zero-order chi connectivity index (χ0) is 22.8. The first-order chi connectivity index (χ1) is 14.4. The third-order valence-electron chi connectivity index (χ3n) is 10.7. The molecule has 3 heteroatoms. The third-order valence-corrected chi connectivity index (χ3v) is 10.7. The maximum atomic E-state index is 12.3. The molecule has 176 valence electrons. The van der Waals surface area contributed by atoms with Crippen molar-refractivity contribution in [3.63, 3.8) is 0 Å².